The molecule has 4 nitrogen and oxygen atoms in total. The van der Waals surface area contributed by atoms with E-state index in [0.717, 1.165) is 5.56 Å². The van der Waals surface area contributed by atoms with E-state index in [1.165, 1.54) is 0 Å². The van der Waals surface area contributed by atoms with Crippen LogP contribution in [0.25, 0.3) is 0 Å². The third kappa shape index (κ3) is 5.68. The molecule has 18 heavy (non-hydrogen) atoms. The maximum absolute atomic E-state index is 11.5. The molecule has 100 valence electrons. The summed E-state index contributed by atoms with van der Waals surface area (Å²) in [6.45, 7) is 4.41. The molecule has 0 aliphatic heterocycles. The van der Waals surface area contributed by atoms with Crippen LogP contribution in [0.5, 0.6) is 0 Å². The lowest BCUT2D eigenvalue weighted by molar-refractivity contribution is 0.0574. The van der Waals surface area contributed by atoms with Gasteiger partial charge in [-0.1, -0.05) is 44.2 Å². The van der Waals surface area contributed by atoms with E-state index in [0.29, 0.717) is 18.9 Å². The summed E-state index contributed by atoms with van der Waals surface area (Å²) in [6.07, 6.45) is -0.454. The number of benzene rings is 1. The topological polar surface area (TPSA) is 58.6 Å². The average Bonchev–Trinajstić information content (AvgIpc) is 2.37. The molecule has 0 radical (unpaired) electrons. The van der Waals surface area contributed by atoms with Crippen LogP contribution in [-0.2, 0) is 11.2 Å². The number of hydrogen-bond acceptors (Lipinski definition) is 3. The van der Waals surface area contributed by atoms with E-state index >= 15 is 0 Å². The first-order valence-electron chi connectivity index (χ1n) is 6.21. The number of aliphatic hydroxyl groups excluding tert-OH is 1. The molecule has 0 saturated carbocycles. The van der Waals surface area contributed by atoms with Gasteiger partial charge < -0.3 is 15.2 Å². The van der Waals surface area contributed by atoms with Crippen LogP contribution in [0, 0.1) is 5.92 Å². The molecule has 0 unspecified atom stereocenters. The van der Waals surface area contributed by atoms with E-state index in [-0.39, 0.29) is 6.61 Å². The fourth-order valence-corrected chi connectivity index (χ4v) is 1.50. The van der Waals surface area contributed by atoms with Gasteiger partial charge in [0.1, 0.15) is 6.10 Å². The molecule has 0 aliphatic carbocycles. The van der Waals surface area contributed by atoms with Crippen molar-refractivity contribution in [2.24, 2.45) is 5.92 Å². The molecule has 1 aromatic carbocycles. The van der Waals surface area contributed by atoms with Gasteiger partial charge in [-0.3, -0.25) is 0 Å². The molecular formula is C14H21NO3. The lowest BCUT2D eigenvalue weighted by Crippen LogP contribution is -2.33. The lowest BCUT2D eigenvalue weighted by atomic mass is 10.1. The van der Waals surface area contributed by atoms with Gasteiger partial charge in [0.25, 0.3) is 0 Å². The number of ether oxygens (including phenoxy) is 1. The van der Waals surface area contributed by atoms with E-state index in [9.17, 15) is 9.90 Å². The molecule has 0 aromatic heterocycles. The molecule has 0 aliphatic rings. The zero-order valence-electron chi connectivity index (χ0n) is 10.9. The molecular weight excluding hydrogens is 230 g/mol. The van der Waals surface area contributed by atoms with Crippen molar-refractivity contribution >= 4 is 6.09 Å². The minimum Gasteiger partial charge on any atom is -0.443 e. The third-order valence-electron chi connectivity index (χ3n) is 2.44. The van der Waals surface area contributed by atoms with Gasteiger partial charge in [-0.2, -0.15) is 0 Å². The maximum atomic E-state index is 11.5. The SMILES string of the molecule is CC(C)CNC(=O)O[C@H](CO)Cc1ccccc1. The first-order chi connectivity index (χ1) is 8.61. The second-order valence-corrected chi connectivity index (χ2v) is 4.67. The Kier molecular flexibility index (Phi) is 6.22. The first-order valence-corrected chi connectivity index (χ1v) is 6.21. The van der Waals surface area contributed by atoms with Gasteiger partial charge in [-0.05, 0) is 11.5 Å². The van der Waals surface area contributed by atoms with Crippen LogP contribution in [0.1, 0.15) is 19.4 Å². The van der Waals surface area contributed by atoms with Gasteiger partial charge in [0, 0.05) is 13.0 Å². The standard InChI is InChI=1S/C14H21NO3/c1-11(2)9-15-14(17)18-13(10-16)8-12-6-4-3-5-7-12/h3-7,11,13,16H,8-10H2,1-2H3,(H,15,17)/t13-/m0/s1. The number of carbonyl (C=O) groups excluding carboxylic acids is 1. The van der Waals surface area contributed by atoms with E-state index in [2.05, 4.69) is 5.32 Å². The summed E-state index contributed by atoms with van der Waals surface area (Å²) in [7, 11) is 0. The minimum atomic E-state index is -0.500. The van der Waals surface area contributed by atoms with E-state index in [1.807, 2.05) is 44.2 Å². The van der Waals surface area contributed by atoms with E-state index in [4.69, 9.17) is 4.74 Å². The average molecular weight is 251 g/mol. The number of alkyl carbamates (subject to hydrolysis) is 1. The highest BCUT2D eigenvalue weighted by Crippen LogP contribution is 2.06. The molecule has 4 heteroatoms. The number of rotatable bonds is 6. The fraction of sp³-hybridized carbons (Fsp3) is 0.500. The van der Waals surface area contributed by atoms with Gasteiger partial charge in [-0.25, -0.2) is 4.79 Å². The summed E-state index contributed by atoms with van der Waals surface area (Å²) in [5, 5.41) is 11.9. The van der Waals surface area contributed by atoms with Gasteiger partial charge >= 0.3 is 6.09 Å². The predicted octanol–water partition coefficient (Wildman–Crippen LogP) is 1.97. The monoisotopic (exact) mass is 251 g/mol. The minimum absolute atomic E-state index is 0.177. The maximum Gasteiger partial charge on any atom is 0.407 e. The Labute approximate surface area is 108 Å². The van der Waals surface area contributed by atoms with Crippen LogP contribution in [0.2, 0.25) is 0 Å². The van der Waals surface area contributed by atoms with Crippen molar-refractivity contribution in [3.05, 3.63) is 35.9 Å². The van der Waals surface area contributed by atoms with Crippen molar-refractivity contribution in [1.82, 2.24) is 5.32 Å². The molecule has 0 fully saturated rings. The van der Waals surface area contributed by atoms with Gasteiger partial charge in [0.15, 0.2) is 0 Å². The normalized spacial score (nSPS) is 12.2. The van der Waals surface area contributed by atoms with E-state index < -0.39 is 12.2 Å². The van der Waals surface area contributed by atoms with Crippen LogP contribution in [0.3, 0.4) is 0 Å². The van der Waals surface area contributed by atoms with Crippen molar-refractivity contribution in [3.63, 3.8) is 0 Å². The molecule has 0 heterocycles. The molecule has 0 saturated heterocycles. The molecule has 2 N–H and O–H groups in total. The number of aliphatic hydroxyl groups is 1. The van der Waals surface area contributed by atoms with Crippen molar-refractivity contribution < 1.29 is 14.6 Å². The smallest absolute Gasteiger partial charge is 0.407 e. The van der Waals surface area contributed by atoms with Crippen molar-refractivity contribution in [1.29, 1.82) is 0 Å². The Hall–Kier alpha value is -1.55. The summed E-state index contributed by atoms with van der Waals surface area (Å²) in [4.78, 5) is 11.5. The second kappa shape index (κ2) is 7.71. The summed E-state index contributed by atoms with van der Waals surface area (Å²) in [6, 6.07) is 9.65. The van der Waals surface area contributed by atoms with Crippen LogP contribution >= 0.6 is 0 Å². The Bertz CT molecular complexity index is 351. The zero-order valence-corrected chi connectivity index (χ0v) is 10.9. The third-order valence-corrected chi connectivity index (χ3v) is 2.44. The predicted molar refractivity (Wildman–Crippen MR) is 70.3 cm³/mol. The molecule has 1 rings (SSSR count). The lowest BCUT2D eigenvalue weighted by Gasteiger charge is -2.16. The van der Waals surface area contributed by atoms with E-state index in [1.54, 1.807) is 0 Å². The summed E-state index contributed by atoms with van der Waals surface area (Å²) in [5.41, 5.74) is 1.04. The Balaban J connectivity index is 2.40. The summed E-state index contributed by atoms with van der Waals surface area (Å²) in [5.74, 6) is 0.374. The Morgan fingerprint density at radius 3 is 2.56 bits per heavy atom. The van der Waals surface area contributed by atoms with Crippen molar-refractivity contribution in [3.8, 4) is 0 Å². The Morgan fingerprint density at radius 2 is 2.00 bits per heavy atom. The van der Waals surface area contributed by atoms with Crippen LogP contribution < -0.4 is 5.32 Å². The highest BCUT2D eigenvalue weighted by Gasteiger charge is 2.14. The quantitative estimate of drug-likeness (QED) is 0.812. The summed E-state index contributed by atoms with van der Waals surface area (Å²) < 4.78 is 5.15. The number of carbonyl (C=O) groups is 1. The summed E-state index contributed by atoms with van der Waals surface area (Å²) >= 11 is 0. The molecule has 1 atom stereocenters. The van der Waals surface area contributed by atoms with Crippen molar-refractivity contribution in [2.45, 2.75) is 26.4 Å². The van der Waals surface area contributed by atoms with Gasteiger partial charge in [0.2, 0.25) is 0 Å². The van der Waals surface area contributed by atoms with Crippen LogP contribution in [0.4, 0.5) is 4.79 Å². The van der Waals surface area contributed by atoms with Crippen LogP contribution in [0.15, 0.2) is 30.3 Å². The molecule has 0 bridgehead atoms. The number of amides is 1. The first kappa shape index (κ1) is 14.5. The number of nitrogens with one attached hydrogen (secondary N) is 1. The largest absolute Gasteiger partial charge is 0.443 e. The highest BCUT2D eigenvalue weighted by atomic mass is 16.6. The van der Waals surface area contributed by atoms with Gasteiger partial charge in [0.05, 0.1) is 6.61 Å². The second-order valence-electron chi connectivity index (χ2n) is 4.67. The number of hydrogen-bond donors (Lipinski definition) is 2. The highest BCUT2D eigenvalue weighted by molar-refractivity contribution is 5.67. The van der Waals surface area contributed by atoms with Gasteiger partial charge in [-0.15, -0.1) is 0 Å². The molecule has 1 aromatic rings. The van der Waals surface area contributed by atoms with Crippen molar-refractivity contribution in [2.75, 3.05) is 13.2 Å². The Morgan fingerprint density at radius 1 is 1.33 bits per heavy atom. The molecule has 0 spiro atoms. The van der Waals surface area contributed by atoms with Crippen LogP contribution in [-0.4, -0.2) is 30.5 Å². The molecule has 1 amide bonds. The fourth-order valence-electron chi connectivity index (χ4n) is 1.50. The zero-order chi connectivity index (χ0) is 13.4.